The molecule has 0 amide bonds. The molecule has 0 radical (unpaired) electrons. The number of pyridine rings is 2. The molecule has 0 fully saturated rings. The van der Waals surface area contributed by atoms with Gasteiger partial charge in [-0.15, -0.1) is 17.7 Å². The fourth-order valence-corrected chi connectivity index (χ4v) is 5.85. The van der Waals surface area contributed by atoms with Crippen LogP contribution in [-0.2, 0) is 26.5 Å². The summed E-state index contributed by atoms with van der Waals surface area (Å²) >= 11 is 0. The van der Waals surface area contributed by atoms with Crippen molar-refractivity contribution in [1.29, 1.82) is 0 Å². The Balaban J connectivity index is 0.00000300. The van der Waals surface area contributed by atoms with Gasteiger partial charge >= 0.3 is 21.1 Å². The Kier molecular flexibility index (Phi) is 6.56. The van der Waals surface area contributed by atoms with E-state index in [1.54, 1.807) is 0 Å². The molecule has 3 aromatic heterocycles. The number of para-hydroxylation sites is 3. The van der Waals surface area contributed by atoms with E-state index in [-0.39, 0.29) is 26.5 Å². The Bertz CT molecular complexity index is 2330. The Morgan fingerprint density at radius 1 is 0.721 bits per heavy atom. The fourth-order valence-electron chi connectivity index (χ4n) is 5.85. The largest absolute Gasteiger partial charge is 2.00 e. The summed E-state index contributed by atoms with van der Waals surface area (Å²) in [6, 6.07) is 42.5. The molecule has 8 aromatic rings. The van der Waals surface area contributed by atoms with Crippen molar-refractivity contribution in [3.8, 4) is 22.8 Å². The number of nitrogens with zero attached hydrogens (tertiary/aromatic N) is 3. The van der Waals surface area contributed by atoms with E-state index in [1.165, 1.54) is 5.56 Å². The first-order valence-corrected chi connectivity index (χ1v) is 14.2. The second kappa shape index (κ2) is 10.3. The number of ether oxygens (including phenoxy) is 1. The summed E-state index contributed by atoms with van der Waals surface area (Å²) in [5, 5.41) is 5.21. The first-order chi connectivity index (χ1) is 20.4. The van der Waals surface area contributed by atoms with Gasteiger partial charge in [-0.25, -0.2) is 0 Å². The minimum atomic E-state index is 0. The van der Waals surface area contributed by atoms with Crippen molar-refractivity contribution in [1.82, 2.24) is 14.4 Å². The molecule has 3 heterocycles. The molecule has 0 aliphatic rings. The van der Waals surface area contributed by atoms with Gasteiger partial charge < -0.3 is 14.1 Å². The molecular weight excluding hydrogens is 710 g/mol. The van der Waals surface area contributed by atoms with Crippen LogP contribution in [0.5, 0.6) is 11.5 Å². The van der Waals surface area contributed by atoms with Crippen LogP contribution in [0.3, 0.4) is 0 Å². The number of rotatable bonds is 3. The van der Waals surface area contributed by atoms with E-state index in [2.05, 4.69) is 116 Å². The molecule has 0 spiro atoms. The Hall–Kier alpha value is -4.53. The van der Waals surface area contributed by atoms with Gasteiger partial charge in [0.2, 0.25) is 0 Å². The molecule has 0 saturated heterocycles. The molecule has 0 unspecified atom stereocenters. The van der Waals surface area contributed by atoms with Crippen LogP contribution in [0.4, 0.5) is 0 Å². The first kappa shape index (κ1) is 27.3. The second-order valence-electron chi connectivity index (χ2n) is 11.8. The number of benzene rings is 5. The van der Waals surface area contributed by atoms with Crippen LogP contribution in [-0.4, -0.2) is 14.4 Å². The molecule has 5 aromatic carbocycles. The maximum atomic E-state index is 6.62. The van der Waals surface area contributed by atoms with Crippen molar-refractivity contribution in [3.05, 3.63) is 127 Å². The van der Waals surface area contributed by atoms with E-state index >= 15 is 0 Å². The van der Waals surface area contributed by atoms with Gasteiger partial charge in [0.05, 0.1) is 22.4 Å². The average molecular weight is 737 g/mol. The number of hydrogen-bond donors (Lipinski definition) is 0. The minimum absolute atomic E-state index is 0. The summed E-state index contributed by atoms with van der Waals surface area (Å²) in [6.45, 7) is 6.63. The molecule has 0 atom stereocenters. The van der Waals surface area contributed by atoms with Crippen LogP contribution in [0.2, 0.25) is 0 Å². The third kappa shape index (κ3) is 4.58. The number of aromatic nitrogens is 3. The number of imidazole rings is 1. The van der Waals surface area contributed by atoms with Crippen LogP contribution in [0.25, 0.3) is 60.4 Å². The van der Waals surface area contributed by atoms with Crippen LogP contribution in [0.1, 0.15) is 26.3 Å². The van der Waals surface area contributed by atoms with Gasteiger partial charge in [0.1, 0.15) is 0 Å². The van der Waals surface area contributed by atoms with E-state index in [1.807, 2.05) is 30.5 Å². The van der Waals surface area contributed by atoms with Gasteiger partial charge in [-0.3, -0.25) is 4.98 Å². The summed E-state index contributed by atoms with van der Waals surface area (Å²) in [4.78, 5) is 9.73. The zero-order valence-corrected chi connectivity index (χ0v) is 26.2. The fraction of sp³-hybridized carbons (Fsp3) is 0.105. The quantitative estimate of drug-likeness (QED) is 0.134. The third-order valence-electron chi connectivity index (χ3n) is 8.01. The summed E-state index contributed by atoms with van der Waals surface area (Å²) in [5.41, 5.74) is 7.01. The zero-order valence-electron chi connectivity index (χ0n) is 24.0. The predicted molar refractivity (Wildman–Crippen MR) is 171 cm³/mol. The van der Waals surface area contributed by atoms with Crippen LogP contribution < -0.4 is 4.74 Å². The first-order valence-electron chi connectivity index (χ1n) is 14.2. The summed E-state index contributed by atoms with van der Waals surface area (Å²) in [7, 11) is 0. The molecule has 0 aliphatic heterocycles. The average Bonchev–Trinajstić information content (AvgIpc) is 3.41. The van der Waals surface area contributed by atoms with Gasteiger partial charge in [-0.05, 0) is 46.3 Å². The molecule has 0 saturated carbocycles. The Morgan fingerprint density at radius 2 is 1.47 bits per heavy atom. The molecule has 8 rings (SSSR count). The topological polar surface area (TPSA) is 39.4 Å². The van der Waals surface area contributed by atoms with Gasteiger partial charge in [-0.1, -0.05) is 121 Å². The molecule has 0 aliphatic carbocycles. The maximum absolute atomic E-state index is 6.62. The number of hydrogen-bond acceptors (Lipinski definition) is 3. The Morgan fingerprint density at radius 3 is 2.30 bits per heavy atom. The molecule has 5 heteroatoms. The summed E-state index contributed by atoms with van der Waals surface area (Å²) in [5.74, 6) is 1.26. The van der Waals surface area contributed by atoms with Crippen LogP contribution in [0, 0.1) is 12.1 Å². The second-order valence-corrected chi connectivity index (χ2v) is 11.8. The van der Waals surface area contributed by atoms with Crippen molar-refractivity contribution in [2.75, 3.05) is 0 Å². The van der Waals surface area contributed by atoms with E-state index < -0.39 is 0 Å². The van der Waals surface area contributed by atoms with Crippen molar-refractivity contribution in [2.45, 2.75) is 26.2 Å². The normalized spacial score (nSPS) is 11.9. The predicted octanol–water partition coefficient (Wildman–Crippen LogP) is 9.70. The van der Waals surface area contributed by atoms with Gasteiger partial charge in [0.15, 0.2) is 0 Å². The third-order valence-corrected chi connectivity index (χ3v) is 8.01. The van der Waals surface area contributed by atoms with Crippen molar-refractivity contribution in [2.24, 2.45) is 0 Å². The van der Waals surface area contributed by atoms with Gasteiger partial charge in [0.25, 0.3) is 0 Å². The van der Waals surface area contributed by atoms with Gasteiger partial charge in [0, 0.05) is 17.5 Å². The molecule has 0 bridgehead atoms. The Labute approximate surface area is 264 Å². The molecule has 210 valence electrons. The zero-order chi connectivity index (χ0) is 28.4. The molecular formula is C38H27N3OPt. The van der Waals surface area contributed by atoms with Gasteiger partial charge in [-0.2, -0.15) is 0 Å². The molecule has 4 nitrogen and oxygen atoms in total. The molecule has 43 heavy (non-hydrogen) atoms. The van der Waals surface area contributed by atoms with E-state index in [9.17, 15) is 0 Å². The van der Waals surface area contributed by atoms with Crippen molar-refractivity contribution in [3.63, 3.8) is 0 Å². The van der Waals surface area contributed by atoms with E-state index in [4.69, 9.17) is 14.7 Å². The molecule has 0 N–H and O–H groups in total. The smallest absolute Gasteiger partial charge is 0.496 e. The van der Waals surface area contributed by atoms with Crippen LogP contribution in [0.15, 0.2) is 109 Å². The van der Waals surface area contributed by atoms with E-state index in [0.717, 1.165) is 60.4 Å². The maximum Gasteiger partial charge on any atom is 2.00 e. The minimum Gasteiger partial charge on any atom is -0.496 e. The monoisotopic (exact) mass is 736 g/mol. The summed E-state index contributed by atoms with van der Waals surface area (Å²) < 4.78 is 8.84. The number of fused-ring (bicyclic) bond motifs is 9. The van der Waals surface area contributed by atoms with Crippen molar-refractivity contribution < 1.29 is 25.8 Å². The van der Waals surface area contributed by atoms with E-state index in [0.29, 0.717) is 11.5 Å². The SMILES string of the molecule is CC(C)(C)c1ccnc(-c2[c-]c(Oc3[c-]c4c(cc3)c3ccccc3n3c5ccccc5nc43)c3ccccc3c2)c1.[Pt+2]. The summed E-state index contributed by atoms with van der Waals surface area (Å²) in [6.07, 6.45) is 1.88. The standard InChI is InChI=1S/C38H27N3O.Pt/c1-38(2,3)26-18-19-39-33(22-26)25-20-24-10-4-5-11-28(24)36(21-25)42-27-16-17-29-30-12-6-8-14-34(30)41-35-15-9-7-13-32(35)40-37(41)31(29)23-27;/h4-20,22H,1-3H3;/q-2;+2. The van der Waals surface area contributed by atoms with Crippen LogP contribution >= 0.6 is 0 Å². The van der Waals surface area contributed by atoms with Crippen molar-refractivity contribution >= 4 is 49.1 Å².